The van der Waals surface area contributed by atoms with Gasteiger partial charge in [0.2, 0.25) is 11.5 Å². The molecule has 0 aliphatic carbocycles. The van der Waals surface area contributed by atoms with Crippen molar-refractivity contribution in [2.24, 2.45) is 10.3 Å². The summed E-state index contributed by atoms with van der Waals surface area (Å²) in [6, 6.07) is 2.90. The number of nitrogens with one attached hydrogen (secondary N) is 1. The molecule has 5 atom stereocenters. The highest BCUT2D eigenvalue weighted by molar-refractivity contribution is 8.00. The monoisotopic (exact) mass is 822 g/mol. The van der Waals surface area contributed by atoms with E-state index in [0.29, 0.717) is 11.3 Å². The van der Waals surface area contributed by atoms with E-state index in [1.54, 1.807) is 29.1 Å². The van der Waals surface area contributed by atoms with Crippen LogP contribution < -0.4 is 20.7 Å². The molecule has 0 bridgehead atoms. The van der Waals surface area contributed by atoms with Gasteiger partial charge in [0.15, 0.2) is 45.7 Å². The number of fused-ring (bicyclic) bond motifs is 2. The molecule has 3 saturated heterocycles. The lowest BCUT2D eigenvalue weighted by atomic mass is 9.98. The van der Waals surface area contributed by atoms with Gasteiger partial charge in [-0.25, -0.2) is 27.6 Å². The van der Waals surface area contributed by atoms with Gasteiger partial charge >= 0.3 is 11.9 Å². The Morgan fingerprint density at radius 1 is 1.22 bits per heavy atom. The average molecular weight is 823 g/mol. The molecule has 3 fully saturated rings. The third-order valence-electron chi connectivity index (χ3n) is 8.93. The standard InChI is InChI=1S/C22H22N6O7S2.C9H12N2O6S/c1-22(2,20(33)34)35-26-13(12-10-37-21(23)24-12)16(29)25-14-17(30)28-15(19(31)32)11(9-36-18(14)28)8-27-6-4-3-5-7-27;1-9(4-10-17-2)7(8(13)14)11-5(12)3-6(11)18(9,15)16/h3-7,10,14,18H,8-9H2,1-2H3,(H4-,23,24,25,29,31,32,33,34);4,6-7H,3H2,1-2H3,(H,13,14)/b26-13-;10-4+/t;6?,7-,9-/m.0/s1. The Balaban J connectivity index is 0.000000269. The third-order valence-corrected chi connectivity index (χ3v) is 13.6. The second-order valence-electron chi connectivity index (χ2n) is 12.9. The fourth-order valence-electron chi connectivity index (χ4n) is 5.92. The molecule has 0 spiro atoms. The number of anilines is 1. The van der Waals surface area contributed by atoms with Crippen LogP contribution in [0, 0.1) is 0 Å². The van der Waals surface area contributed by atoms with Gasteiger partial charge in [-0.1, -0.05) is 16.4 Å². The minimum Gasteiger partial charge on any atom is -0.543 e. The van der Waals surface area contributed by atoms with Gasteiger partial charge in [0.05, 0.1) is 24.3 Å². The Morgan fingerprint density at radius 3 is 2.44 bits per heavy atom. The lowest BCUT2D eigenvalue weighted by Gasteiger charge is -2.50. The van der Waals surface area contributed by atoms with Crippen LogP contribution in [0.5, 0.6) is 0 Å². The van der Waals surface area contributed by atoms with Crippen LogP contribution in [-0.4, -0.2) is 127 Å². The maximum Gasteiger partial charge on any atom is 0.350 e. The fourth-order valence-corrected chi connectivity index (χ4v) is 10.0. The van der Waals surface area contributed by atoms with Crippen LogP contribution in [0.25, 0.3) is 0 Å². The maximum atomic E-state index is 13.1. The molecule has 4 aliphatic rings. The zero-order valence-electron chi connectivity index (χ0n) is 29.3. The zero-order chi connectivity index (χ0) is 40.6. The highest BCUT2D eigenvalue weighted by Crippen LogP contribution is 2.45. The molecular weight excluding hydrogens is 789 g/mol. The van der Waals surface area contributed by atoms with Crippen LogP contribution in [0.3, 0.4) is 0 Å². The van der Waals surface area contributed by atoms with Crippen molar-refractivity contribution in [3.8, 4) is 0 Å². The molecule has 55 heavy (non-hydrogen) atoms. The summed E-state index contributed by atoms with van der Waals surface area (Å²) in [4.78, 5) is 87.6. The minimum absolute atomic E-state index is 0.0265. The summed E-state index contributed by atoms with van der Waals surface area (Å²) in [7, 11) is -2.61. The summed E-state index contributed by atoms with van der Waals surface area (Å²) in [5, 5.41) is 39.8. The highest BCUT2D eigenvalue weighted by atomic mass is 32.2. The van der Waals surface area contributed by atoms with Crippen molar-refractivity contribution < 1.29 is 66.7 Å². The summed E-state index contributed by atoms with van der Waals surface area (Å²) in [5.74, 6) is -5.86. The molecule has 4 aliphatic heterocycles. The number of carbonyl (C=O) groups excluding carboxylic acids is 4. The second kappa shape index (κ2) is 15.3. The smallest absolute Gasteiger partial charge is 0.350 e. The summed E-state index contributed by atoms with van der Waals surface area (Å²) < 4.78 is 24.5. The average Bonchev–Trinajstić information content (AvgIpc) is 3.61. The predicted octanol–water partition coefficient (Wildman–Crippen LogP) is -2.48. The van der Waals surface area contributed by atoms with Crippen LogP contribution in [0.1, 0.15) is 32.9 Å². The van der Waals surface area contributed by atoms with Crippen molar-refractivity contribution in [1.82, 2.24) is 20.1 Å². The molecule has 6 rings (SSSR count). The van der Waals surface area contributed by atoms with Gasteiger partial charge in [0.25, 0.3) is 11.8 Å². The second-order valence-corrected chi connectivity index (χ2v) is 17.4. The molecule has 21 nitrogen and oxygen atoms in total. The first-order chi connectivity index (χ1) is 25.8. The number of hydrogen-bond acceptors (Lipinski definition) is 17. The van der Waals surface area contributed by atoms with Crippen molar-refractivity contribution in [3.63, 3.8) is 0 Å². The normalized spacial score (nSPS) is 25.5. The lowest BCUT2D eigenvalue weighted by molar-refractivity contribution is -0.689. The van der Waals surface area contributed by atoms with E-state index in [0.717, 1.165) is 27.4 Å². The number of carboxylic acid groups (broad SMARTS) is 3. The number of hydrogen-bond donors (Lipinski definition) is 4. The summed E-state index contributed by atoms with van der Waals surface area (Å²) in [5.41, 5.74) is 3.83. The van der Waals surface area contributed by atoms with E-state index >= 15 is 0 Å². The van der Waals surface area contributed by atoms with E-state index in [9.17, 15) is 47.4 Å². The Labute approximate surface area is 320 Å². The van der Waals surface area contributed by atoms with E-state index in [4.69, 9.17) is 15.7 Å². The first kappa shape index (κ1) is 40.6. The molecule has 3 unspecified atom stereocenters. The SMILES string of the molecule is CC(C)(O/N=C(\C(=O)NC1C(=O)N2C(C(=O)[O-])=C(C[n+]3ccccc3)CSC12)c1csc(N)n1)C(=O)O.CO/N=C/[C@@]1(C)[C@H](C(=O)O)N2C(=O)CC2S1(=O)=O. The maximum absolute atomic E-state index is 13.1. The first-order valence-corrected chi connectivity index (χ1v) is 19.4. The van der Waals surface area contributed by atoms with Crippen molar-refractivity contribution in [1.29, 1.82) is 0 Å². The largest absolute Gasteiger partial charge is 0.543 e. The summed E-state index contributed by atoms with van der Waals surface area (Å²) in [6.07, 6.45) is 4.31. The number of nitrogen functional groups attached to an aromatic ring is 1. The van der Waals surface area contributed by atoms with Crippen molar-refractivity contribution >= 4 is 85.6 Å². The quantitative estimate of drug-likeness (QED) is 0.0746. The van der Waals surface area contributed by atoms with Crippen LogP contribution in [0.2, 0.25) is 0 Å². The van der Waals surface area contributed by atoms with Crippen LogP contribution in [-0.2, 0) is 54.8 Å². The van der Waals surface area contributed by atoms with E-state index in [1.807, 2.05) is 6.07 Å². The predicted molar refractivity (Wildman–Crippen MR) is 189 cm³/mol. The van der Waals surface area contributed by atoms with Crippen molar-refractivity contribution in [3.05, 3.63) is 52.9 Å². The van der Waals surface area contributed by atoms with Gasteiger partial charge in [0, 0.05) is 28.8 Å². The molecule has 0 saturated carbocycles. The molecule has 3 amide bonds. The van der Waals surface area contributed by atoms with E-state index in [1.165, 1.54) is 45.0 Å². The summed E-state index contributed by atoms with van der Waals surface area (Å²) in [6.45, 7) is 3.97. The number of aliphatic carboxylic acids is 3. The third kappa shape index (κ3) is 7.43. The number of nitrogens with zero attached hydrogens (tertiary/aromatic N) is 6. The van der Waals surface area contributed by atoms with E-state index in [2.05, 4.69) is 25.4 Å². The van der Waals surface area contributed by atoms with Gasteiger partial charge < -0.3 is 45.7 Å². The number of carboxylic acids is 3. The number of rotatable bonds is 12. The fraction of sp³-hybridized carbons (Fsp3) is 0.419. The molecule has 294 valence electrons. The van der Waals surface area contributed by atoms with Crippen LogP contribution in [0.4, 0.5) is 5.13 Å². The molecule has 24 heteroatoms. The molecular formula is C31H34N8O13S3. The number of carbonyl (C=O) groups is 6. The molecule has 2 aromatic rings. The molecule has 6 heterocycles. The molecule has 0 aromatic carbocycles. The van der Waals surface area contributed by atoms with Gasteiger partial charge in [-0.2, -0.15) is 0 Å². The lowest BCUT2D eigenvalue weighted by Crippen LogP contribution is -2.71. The Hall–Kier alpha value is -5.62. The number of amides is 3. The Bertz CT molecular complexity index is 2140. The molecule has 2 aromatic heterocycles. The van der Waals surface area contributed by atoms with E-state index in [-0.39, 0.29) is 35.2 Å². The Kier molecular flexibility index (Phi) is 11.2. The number of pyridine rings is 1. The highest BCUT2D eigenvalue weighted by Gasteiger charge is 2.69. The number of nitrogens with two attached hydrogens (primary N) is 1. The minimum atomic E-state index is -3.83. The van der Waals surface area contributed by atoms with Crippen LogP contribution in [0.15, 0.2) is 57.6 Å². The van der Waals surface area contributed by atoms with Gasteiger partial charge in [-0.3, -0.25) is 19.3 Å². The van der Waals surface area contributed by atoms with E-state index < -0.39 is 78.6 Å². The molecule has 0 radical (unpaired) electrons. The number of thiazole rings is 1. The number of aromatic nitrogens is 2. The molecule has 5 N–H and O–H groups in total. The Morgan fingerprint density at radius 2 is 1.89 bits per heavy atom. The van der Waals surface area contributed by atoms with Gasteiger partial charge in [-0.15, -0.1) is 23.1 Å². The number of thioether (sulfide) groups is 1. The first-order valence-electron chi connectivity index (χ1n) is 16.0. The van der Waals surface area contributed by atoms with Gasteiger partial charge in [0.1, 0.15) is 34.3 Å². The van der Waals surface area contributed by atoms with Crippen LogP contribution >= 0.6 is 23.1 Å². The number of β-lactam (4-membered cyclic amide) rings is 2. The topological polar surface area (TPSA) is 305 Å². The number of sulfone groups is 1. The van der Waals surface area contributed by atoms with Crippen molar-refractivity contribution in [2.75, 3.05) is 18.6 Å². The zero-order valence-corrected chi connectivity index (χ0v) is 31.8. The summed E-state index contributed by atoms with van der Waals surface area (Å²) >= 11 is 2.32. The van der Waals surface area contributed by atoms with Crippen molar-refractivity contribution in [2.45, 2.75) is 66.9 Å². The number of oxime groups is 2. The van der Waals surface area contributed by atoms with Gasteiger partial charge in [-0.05, 0) is 20.8 Å².